The maximum absolute atomic E-state index is 12.8. The Kier molecular flexibility index (Phi) is 5.16. The Morgan fingerprint density at radius 3 is 2.33 bits per heavy atom. The fraction of sp³-hybridized carbons (Fsp3) is 0.292. The Bertz CT molecular complexity index is 1220. The molecule has 0 aliphatic rings. The Labute approximate surface area is 176 Å². The average molecular weight is 402 g/mol. The van der Waals surface area contributed by atoms with E-state index in [1.165, 1.54) is 11.1 Å². The SMILES string of the molecule is CCC(C)(C)Nc1nc2nn(Cc3ccc(-c4ccccc4)cc3)cc2c(=O)n1C. The molecule has 30 heavy (non-hydrogen) atoms. The van der Waals surface area contributed by atoms with Crippen molar-refractivity contribution in [3.05, 3.63) is 76.7 Å². The van der Waals surface area contributed by atoms with Crippen molar-refractivity contribution in [1.82, 2.24) is 19.3 Å². The summed E-state index contributed by atoms with van der Waals surface area (Å²) in [6.07, 6.45) is 2.69. The molecule has 0 aliphatic heterocycles. The summed E-state index contributed by atoms with van der Waals surface area (Å²) in [5, 5.41) is 8.44. The number of anilines is 1. The third kappa shape index (κ3) is 3.99. The second-order valence-corrected chi connectivity index (χ2v) is 8.29. The fourth-order valence-electron chi connectivity index (χ4n) is 3.30. The Morgan fingerprint density at radius 1 is 1.00 bits per heavy atom. The number of rotatable bonds is 6. The fourth-order valence-corrected chi connectivity index (χ4v) is 3.30. The van der Waals surface area contributed by atoms with Crippen molar-refractivity contribution in [3.63, 3.8) is 0 Å². The number of hydrogen-bond acceptors (Lipinski definition) is 4. The lowest BCUT2D eigenvalue weighted by molar-refractivity contribution is 0.536. The lowest BCUT2D eigenvalue weighted by Crippen LogP contribution is -2.34. The number of fused-ring (bicyclic) bond motifs is 1. The molecule has 0 atom stereocenters. The van der Waals surface area contributed by atoms with E-state index in [-0.39, 0.29) is 11.1 Å². The highest BCUT2D eigenvalue weighted by molar-refractivity contribution is 5.74. The molecule has 6 heteroatoms. The van der Waals surface area contributed by atoms with Crippen LogP contribution < -0.4 is 10.9 Å². The van der Waals surface area contributed by atoms with E-state index in [1.807, 2.05) is 18.2 Å². The number of nitrogens with one attached hydrogen (secondary N) is 1. The first-order valence-electron chi connectivity index (χ1n) is 10.2. The van der Waals surface area contributed by atoms with Crippen molar-refractivity contribution in [2.45, 2.75) is 39.3 Å². The zero-order chi connectivity index (χ0) is 21.3. The minimum atomic E-state index is -0.159. The maximum atomic E-state index is 12.8. The van der Waals surface area contributed by atoms with Gasteiger partial charge in [0.15, 0.2) is 5.65 Å². The third-order valence-electron chi connectivity index (χ3n) is 5.55. The summed E-state index contributed by atoms with van der Waals surface area (Å²) in [6, 6.07) is 18.7. The van der Waals surface area contributed by atoms with Gasteiger partial charge in [-0.25, -0.2) is 0 Å². The zero-order valence-corrected chi connectivity index (χ0v) is 17.9. The largest absolute Gasteiger partial charge is 0.351 e. The number of nitrogens with zero attached hydrogens (tertiary/aromatic N) is 4. The van der Waals surface area contributed by atoms with Crippen LogP contribution in [-0.2, 0) is 13.6 Å². The van der Waals surface area contributed by atoms with Gasteiger partial charge in [-0.2, -0.15) is 10.1 Å². The van der Waals surface area contributed by atoms with Gasteiger partial charge in [-0.1, -0.05) is 61.5 Å². The van der Waals surface area contributed by atoms with Gasteiger partial charge in [-0.3, -0.25) is 14.0 Å². The molecule has 0 saturated carbocycles. The predicted molar refractivity (Wildman–Crippen MR) is 122 cm³/mol. The molecule has 2 aromatic carbocycles. The quantitative estimate of drug-likeness (QED) is 0.519. The molecular formula is C24H27N5O. The standard InChI is InChI=1S/C24H27N5O/c1-5-24(2,3)26-23-25-21-20(22(30)28(23)4)16-29(27-21)15-17-11-13-19(14-12-17)18-9-7-6-8-10-18/h6-14,16H,5,15H2,1-4H3,(H,25,26,27). The molecule has 154 valence electrons. The second kappa shape index (κ2) is 7.78. The van der Waals surface area contributed by atoms with Gasteiger partial charge >= 0.3 is 0 Å². The smallest absolute Gasteiger partial charge is 0.265 e. The lowest BCUT2D eigenvalue weighted by atomic mass is 10.0. The highest BCUT2D eigenvalue weighted by Crippen LogP contribution is 2.20. The van der Waals surface area contributed by atoms with Crippen LogP contribution in [0.4, 0.5) is 5.95 Å². The Hall–Kier alpha value is -3.41. The summed E-state index contributed by atoms with van der Waals surface area (Å²) >= 11 is 0. The first kappa shape index (κ1) is 19.9. The molecule has 2 aromatic heterocycles. The summed E-state index contributed by atoms with van der Waals surface area (Å²) < 4.78 is 3.34. The summed E-state index contributed by atoms with van der Waals surface area (Å²) in [4.78, 5) is 17.4. The number of benzene rings is 2. The van der Waals surface area contributed by atoms with Crippen molar-refractivity contribution in [3.8, 4) is 11.1 Å². The van der Waals surface area contributed by atoms with Crippen LogP contribution in [0, 0.1) is 0 Å². The molecule has 0 unspecified atom stereocenters. The monoisotopic (exact) mass is 401 g/mol. The van der Waals surface area contributed by atoms with Crippen LogP contribution in [0.15, 0.2) is 65.6 Å². The number of hydrogen-bond donors (Lipinski definition) is 1. The molecule has 1 N–H and O–H groups in total. The summed E-state index contributed by atoms with van der Waals surface area (Å²) in [5.41, 5.74) is 3.69. The molecule has 6 nitrogen and oxygen atoms in total. The van der Waals surface area contributed by atoms with Gasteiger partial charge in [0, 0.05) is 18.8 Å². The van der Waals surface area contributed by atoms with Gasteiger partial charge in [0.1, 0.15) is 5.39 Å². The van der Waals surface area contributed by atoms with Crippen LogP contribution in [0.3, 0.4) is 0 Å². The molecule has 0 amide bonds. The van der Waals surface area contributed by atoms with Crippen LogP contribution in [0.5, 0.6) is 0 Å². The van der Waals surface area contributed by atoms with Crippen LogP contribution in [0.25, 0.3) is 22.2 Å². The molecule has 2 heterocycles. The normalized spacial score (nSPS) is 11.7. The van der Waals surface area contributed by atoms with E-state index in [2.05, 4.69) is 72.6 Å². The minimum Gasteiger partial charge on any atom is -0.351 e. The highest BCUT2D eigenvalue weighted by atomic mass is 16.1. The number of aromatic nitrogens is 4. The van der Waals surface area contributed by atoms with E-state index in [0.29, 0.717) is 23.5 Å². The summed E-state index contributed by atoms with van der Waals surface area (Å²) in [5.74, 6) is 0.539. The van der Waals surface area contributed by atoms with E-state index < -0.39 is 0 Å². The topological polar surface area (TPSA) is 64.7 Å². The van der Waals surface area contributed by atoms with Gasteiger partial charge in [0.2, 0.25) is 5.95 Å². The molecule has 4 rings (SSSR count). The second-order valence-electron chi connectivity index (χ2n) is 8.29. The van der Waals surface area contributed by atoms with Gasteiger partial charge < -0.3 is 5.32 Å². The van der Waals surface area contributed by atoms with E-state index in [0.717, 1.165) is 12.0 Å². The first-order chi connectivity index (χ1) is 14.4. The summed E-state index contributed by atoms with van der Waals surface area (Å²) in [7, 11) is 1.74. The van der Waals surface area contributed by atoms with Crippen molar-refractivity contribution in [2.24, 2.45) is 7.05 Å². The molecule has 0 saturated heterocycles. The van der Waals surface area contributed by atoms with E-state index in [9.17, 15) is 4.79 Å². The molecule has 0 aliphatic carbocycles. The van der Waals surface area contributed by atoms with Crippen molar-refractivity contribution in [1.29, 1.82) is 0 Å². The van der Waals surface area contributed by atoms with Crippen LogP contribution in [0.2, 0.25) is 0 Å². The zero-order valence-electron chi connectivity index (χ0n) is 17.9. The van der Waals surface area contributed by atoms with Gasteiger partial charge in [-0.15, -0.1) is 0 Å². The minimum absolute atomic E-state index is 0.0971. The van der Waals surface area contributed by atoms with Crippen LogP contribution in [-0.4, -0.2) is 24.9 Å². The highest BCUT2D eigenvalue weighted by Gasteiger charge is 2.19. The lowest BCUT2D eigenvalue weighted by Gasteiger charge is -2.25. The Morgan fingerprint density at radius 2 is 1.67 bits per heavy atom. The molecule has 0 fully saturated rings. The predicted octanol–water partition coefficient (Wildman–Crippen LogP) is 4.45. The van der Waals surface area contributed by atoms with Gasteiger partial charge in [-0.05, 0) is 37.0 Å². The van der Waals surface area contributed by atoms with E-state index in [4.69, 9.17) is 0 Å². The average Bonchev–Trinajstić information content (AvgIpc) is 3.15. The molecule has 4 aromatic rings. The van der Waals surface area contributed by atoms with Crippen molar-refractivity contribution >= 4 is 17.0 Å². The first-order valence-corrected chi connectivity index (χ1v) is 10.2. The molecular weight excluding hydrogens is 374 g/mol. The van der Waals surface area contributed by atoms with Gasteiger partial charge in [0.25, 0.3) is 5.56 Å². The summed E-state index contributed by atoms with van der Waals surface area (Å²) in [6.45, 7) is 6.85. The van der Waals surface area contributed by atoms with E-state index >= 15 is 0 Å². The molecule has 0 radical (unpaired) electrons. The van der Waals surface area contributed by atoms with Crippen LogP contribution in [0.1, 0.15) is 32.8 Å². The molecule has 0 bridgehead atoms. The van der Waals surface area contributed by atoms with E-state index in [1.54, 1.807) is 22.5 Å². The molecule has 0 spiro atoms. The van der Waals surface area contributed by atoms with Crippen LogP contribution >= 0.6 is 0 Å². The maximum Gasteiger partial charge on any atom is 0.265 e. The third-order valence-corrected chi connectivity index (χ3v) is 5.55. The van der Waals surface area contributed by atoms with Crippen molar-refractivity contribution in [2.75, 3.05) is 5.32 Å². The Balaban J connectivity index is 1.61. The van der Waals surface area contributed by atoms with Gasteiger partial charge in [0.05, 0.1) is 6.54 Å². The van der Waals surface area contributed by atoms with Crippen molar-refractivity contribution < 1.29 is 0 Å².